The lowest BCUT2D eigenvalue weighted by molar-refractivity contribution is -0.124. The molecule has 2 amide bonds. The number of primary amides is 1. The van der Waals surface area contributed by atoms with Crippen LogP contribution in [0.4, 0.5) is 0 Å². The molecule has 22 heavy (non-hydrogen) atoms. The Morgan fingerprint density at radius 3 is 2.45 bits per heavy atom. The number of hydrogen-bond donors (Lipinski definition) is 2. The second-order valence-electron chi connectivity index (χ2n) is 5.25. The predicted molar refractivity (Wildman–Crippen MR) is 83.6 cm³/mol. The second-order valence-corrected chi connectivity index (χ2v) is 5.25. The molecule has 0 aliphatic heterocycles. The highest BCUT2D eigenvalue weighted by molar-refractivity contribution is 5.83. The molecule has 1 heterocycles. The molecule has 0 bridgehead atoms. The Kier molecular flexibility index (Phi) is 4.93. The Labute approximate surface area is 129 Å². The van der Waals surface area contributed by atoms with Gasteiger partial charge in [0.05, 0.1) is 17.9 Å². The average Bonchev–Trinajstić information content (AvgIpc) is 2.82. The van der Waals surface area contributed by atoms with Crippen LogP contribution >= 0.6 is 0 Å². The highest BCUT2D eigenvalue weighted by Gasteiger charge is 2.06. The number of benzene rings is 1. The van der Waals surface area contributed by atoms with Crippen LogP contribution in [0.3, 0.4) is 0 Å². The van der Waals surface area contributed by atoms with Gasteiger partial charge in [-0.1, -0.05) is 12.1 Å². The van der Waals surface area contributed by atoms with E-state index in [9.17, 15) is 9.59 Å². The third-order valence-electron chi connectivity index (χ3n) is 3.29. The summed E-state index contributed by atoms with van der Waals surface area (Å²) in [5, 5.41) is 6.91. The first-order valence-corrected chi connectivity index (χ1v) is 7.13. The summed E-state index contributed by atoms with van der Waals surface area (Å²) < 4.78 is 1.89. The number of aryl methyl sites for hydroxylation is 3. The van der Waals surface area contributed by atoms with Crippen LogP contribution in [-0.2, 0) is 16.0 Å². The summed E-state index contributed by atoms with van der Waals surface area (Å²) >= 11 is 0. The number of nitrogens with zero attached hydrogens (tertiary/aromatic N) is 2. The van der Waals surface area contributed by atoms with Crippen molar-refractivity contribution in [1.82, 2.24) is 15.1 Å². The van der Waals surface area contributed by atoms with Gasteiger partial charge in [0.1, 0.15) is 0 Å². The first-order valence-electron chi connectivity index (χ1n) is 7.13. The second kappa shape index (κ2) is 6.89. The highest BCUT2D eigenvalue weighted by atomic mass is 16.2. The molecule has 3 N–H and O–H groups in total. The molecule has 1 aromatic carbocycles. The van der Waals surface area contributed by atoms with E-state index in [4.69, 9.17) is 5.73 Å². The van der Waals surface area contributed by atoms with Gasteiger partial charge in [-0.3, -0.25) is 9.59 Å². The molecule has 2 rings (SSSR count). The van der Waals surface area contributed by atoms with Crippen molar-refractivity contribution in [1.29, 1.82) is 0 Å². The summed E-state index contributed by atoms with van der Waals surface area (Å²) in [7, 11) is 0. The zero-order valence-electron chi connectivity index (χ0n) is 12.8. The van der Waals surface area contributed by atoms with E-state index in [1.807, 2.05) is 48.9 Å². The van der Waals surface area contributed by atoms with Gasteiger partial charge in [0.15, 0.2) is 0 Å². The van der Waals surface area contributed by atoms with Gasteiger partial charge in [0, 0.05) is 12.1 Å². The topological polar surface area (TPSA) is 90.0 Å². The number of rotatable bonds is 6. The highest BCUT2D eigenvalue weighted by Crippen LogP contribution is 2.13. The minimum atomic E-state index is -0.539. The standard InChI is InChI=1S/C16H20N4O2/c1-11-9-12(2)20(19-11)14-6-3-13(4-7-14)5-8-16(22)18-10-15(17)21/h3-4,6-7,9H,5,8,10H2,1-2H3,(H2,17,21)(H,18,22). The monoisotopic (exact) mass is 300 g/mol. The van der Waals surface area contributed by atoms with Crippen LogP contribution in [0.2, 0.25) is 0 Å². The van der Waals surface area contributed by atoms with Gasteiger partial charge in [0.2, 0.25) is 11.8 Å². The number of nitrogens with one attached hydrogen (secondary N) is 1. The van der Waals surface area contributed by atoms with Crippen LogP contribution in [0.25, 0.3) is 5.69 Å². The SMILES string of the molecule is Cc1cc(C)n(-c2ccc(CCC(=O)NCC(N)=O)cc2)n1. The normalized spacial score (nSPS) is 10.5. The number of hydrogen-bond acceptors (Lipinski definition) is 3. The van der Waals surface area contributed by atoms with Crippen molar-refractivity contribution < 1.29 is 9.59 Å². The average molecular weight is 300 g/mol. The van der Waals surface area contributed by atoms with Gasteiger partial charge in [-0.25, -0.2) is 4.68 Å². The first-order chi connectivity index (χ1) is 10.5. The molecule has 0 atom stereocenters. The van der Waals surface area contributed by atoms with E-state index in [2.05, 4.69) is 10.4 Å². The third kappa shape index (κ3) is 4.18. The Morgan fingerprint density at radius 2 is 1.91 bits per heavy atom. The molecule has 0 radical (unpaired) electrons. The van der Waals surface area contributed by atoms with Gasteiger partial charge < -0.3 is 11.1 Å². The molecule has 116 valence electrons. The number of amides is 2. The van der Waals surface area contributed by atoms with Crippen molar-refractivity contribution in [2.24, 2.45) is 5.73 Å². The first kappa shape index (κ1) is 15.8. The van der Waals surface area contributed by atoms with Crippen molar-refractivity contribution in [2.45, 2.75) is 26.7 Å². The van der Waals surface area contributed by atoms with E-state index in [1.165, 1.54) is 0 Å². The number of aromatic nitrogens is 2. The quantitative estimate of drug-likeness (QED) is 0.834. The van der Waals surface area contributed by atoms with Crippen molar-refractivity contribution in [2.75, 3.05) is 6.54 Å². The van der Waals surface area contributed by atoms with Crippen molar-refractivity contribution in [3.8, 4) is 5.69 Å². The Balaban J connectivity index is 1.93. The van der Waals surface area contributed by atoms with E-state index in [0.29, 0.717) is 12.8 Å². The molecule has 0 spiro atoms. The van der Waals surface area contributed by atoms with Crippen LogP contribution in [0.1, 0.15) is 23.4 Å². The van der Waals surface area contributed by atoms with Crippen LogP contribution in [0.15, 0.2) is 30.3 Å². The van der Waals surface area contributed by atoms with E-state index < -0.39 is 5.91 Å². The van der Waals surface area contributed by atoms with Crippen LogP contribution in [0.5, 0.6) is 0 Å². The van der Waals surface area contributed by atoms with E-state index in [1.54, 1.807) is 0 Å². The molecule has 2 aromatic rings. The van der Waals surface area contributed by atoms with Crippen LogP contribution in [-0.4, -0.2) is 28.1 Å². The fraction of sp³-hybridized carbons (Fsp3) is 0.312. The molecule has 0 aliphatic carbocycles. The van der Waals surface area contributed by atoms with Crippen LogP contribution < -0.4 is 11.1 Å². The van der Waals surface area contributed by atoms with E-state index in [-0.39, 0.29) is 12.5 Å². The molecular formula is C16H20N4O2. The summed E-state index contributed by atoms with van der Waals surface area (Å²) in [4.78, 5) is 22.1. The lowest BCUT2D eigenvalue weighted by Gasteiger charge is -2.06. The van der Waals surface area contributed by atoms with E-state index >= 15 is 0 Å². The fourth-order valence-electron chi connectivity index (χ4n) is 2.23. The van der Waals surface area contributed by atoms with Gasteiger partial charge in [-0.05, 0) is 44.0 Å². The smallest absolute Gasteiger partial charge is 0.236 e. The molecule has 0 saturated carbocycles. The van der Waals surface area contributed by atoms with E-state index in [0.717, 1.165) is 22.6 Å². The van der Waals surface area contributed by atoms with Crippen LogP contribution in [0, 0.1) is 13.8 Å². The molecule has 6 nitrogen and oxygen atoms in total. The largest absolute Gasteiger partial charge is 0.368 e. The Bertz CT molecular complexity index is 674. The number of carbonyl (C=O) groups is 2. The molecule has 0 fully saturated rings. The van der Waals surface area contributed by atoms with Crippen molar-refractivity contribution in [3.63, 3.8) is 0 Å². The maximum absolute atomic E-state index is 11.5. The molecule has 0 unspecified atom stereocenters. The third-order valence-corrected chi connectivity index (χ3v) is 3.29. The summed E-state index contributed by atoms with van der Waals surface area (Å²) in [5.41, 5.74) is 9.08. The number of nitrogens with two attached hydrogens (primary N) is 1. The zero-order valence-corrected chi connectivity index (χ0v) is 12.8. The Hall–Kier alpha value is -2.63. The minimum Gasteiger partial charge on any atom is -0.368 e. The maximum Gasteiger partial charge on any atom is 0.236 e. The predicted octanol–water partition coefficient (Wildman–Crippen LogP) is 1.02. The molecule has 6 heteroatoms. The van der Waals surface area contributed by atoms with Crippen molar-refractivity contribution in [3.05, 3.63) is 47.3 Å². The fourth-order valence-corrected chi connectivity index (χ4v) is 2.23. The lowest BCUT2D eigenvalue weighted by atomic mass is 10.1. The molecule has 1 aromatic heterocycles. The van der Waals surface area contributed by atoms with Gasteiger partial charge in [-0.15, -0.1) is 0 Å². The molecule has 0 aliphatic rings. The summed E-state index contributed by atoms with van der Waals surface area (Å²) in [6.07, 6.45) is 0.939. The lowest BCUT2D eigenvalue weighted by Crippen LogP contribution is -2.33. The number of carbonyl (C=O) groups excluding carboxylic acids is 2. The van der Waals surface area contributed by atoms with Gasteiger partial charge >= 0.3 is 0 Å². The van der Waals surface area contributed by atoms with Gasteiger partial charge in [0.25, 0.3) is 0 Å². The van der Waals surface area contributed by atoms with Gasteiger partial charge in [-0.2, -0.15) is 5.10 Å². The Morgan fingerprint density at radius 1 is 1.23 bits per heavy atom. The summed E-state index contributed by atoms with van der Waals surface area (Å²) in [6, 6.07) is 9.95. The molecular weight excluding hydrogens is 280 g/mol. The minimum absolute atomic E-state index is 0.115. The zero-order chi connectivity index (χ0) is 16.1. The van der Waals surface area contributed by atoms with Crippen molar-refractivity contribution >= 4 is 11.8 Å². The summed E-state index contributed by atoms with van der Waals surface area (Å²) in [5.74, 6) is -0.719. The maximum atomic E-state index is 11.5. The summed E-state index contributed by atoms with van der Waals surface area (Å²) in [6.45, 7) is 3.86. The molecule has 0 saturated heterocycles.